The van der Waals surface area contributed by atoms with E-state index in [1.165, 1.54) is 0 Å². The van der Waals surface area contributed by atoms with Crippen LogP contribution in [0.15, 0.2) is 36.9 Å². The standard InChI is InChI=1S/C16H17ClN6O/c17-11-1-2-15-12(4-20-23(15)8-11)14-6-19-7-16(22-14)21-13-5-18-3-10(13)9-24/h1-2,4,6-8,10,13,18,24H,3,5,9H2,(H,21,22). The maximum Gasteiger partial charge on any atom is 0.145 e. The van der Waals surface area contributed by atoms with E-state index in [1.807, 2.05) is 12.1 Å². The number of pyridine rings is 1. The molecule has 124 valence electrons. The fourth-order valence-corrected chi connectivity index (χ4v) is 3.16. The Morgan fingerprint density at radius 1 is 1.29 bits per heavy atom. The van der Waals surface area contributed by atoms with Gasteiger partial charge in [-0.3, -0.25) is 4.98 Å². The second kappa shape index (κ2) is 6.35. The largest absolute Gasteiger partial charge is 0.396 e. The van der Waals surface area contributed by atoms with Crippen molar-refractivity contribution in [3.8, 4) is 11.3 Å². The number of halogens is 1. The van der Waals surface area contributed by atoms with Crippen LogP contribution < -0.4 is 10.6 Å². The molecule has 3 aromatic heterocycles. The van der Waals surface area contributed by atoms with Gasteiger partial charge >= 0.3 is 0 Å². The molecule has 1 fully saturated rings. The number of anilines is 1. The summed E-state index contributed by atoms with van der Waals surface area (Å²) in [7, 11) is 0. The number of hydrogen-bond acceptors (Lipinski definition) is 6. The van der Waals surface area contributed by atoms with E-state index in [0.717, 1.165) is 29.9 Å². The lowest BCUT2D eigenvalue weighted by Crippen LogP contribution is -2.30. The molecule has 3 aromatic rings. The highest BCUT2D eigenvalue weighted by Crippen LogP contribution is 2.25. The topological polar surface area (TPSA) is 87.4 Å². The molecular weight excluding hydrogens is 328 g/mol. The van der Waals surface area contributed by atoms with Crippen molar-refractivity contribution in [1.29, 1.82) is 0 Å². The molecule has 0 spiro atoms. The third kappa shape index (κ3) is 2.82. The first-order chi connectivity index (χ1) is 11.7. The number of hydrogen-bond donors (Lipinski definition) is 3. The lowest BCUT2D eigenvalue weighted by Gasteiger charge is -2.18. The third-order valence-corrected chi connectivity index (χ3v) is 4.52. The Labute approximate surface area is 143 Å². The van der Waals surface area contributed by atoms with Crippen molar-refractivity contribution < 1.29 is 5.11 Å². The summed E-state index contributed by atoms with van der Waals surface area (Å²) in [6.07, 6.45) is 6.92. The van der Waals surface area contributed by atoms with E-state index in [1.54, 1.807) is 29.3 Å². The maximum atomic E-state index is 9.42. The Kier molecular flexibility index (Phi) is 4.05. The molecule has 4 heterocycles. The van der Waals surface area contributed by atoms with Gasteiger partial charge in [0.05, 0.1) is 34.8 Å². The molecule has 3 N–H and O–H groups in total. The Morgan fingerprint density at radius 2 is 2.21 bits per heavy atom. The van der Waals surface area contributed by atoms with Crippen molar-refractivity contribution in [1.82, 2.24) is 24.9 Å². The normalized spacial score (nSPS) is 20.6. The molecule has 8 heteroatoms. The molecule has 0 amide bonds. The number of nitrogens with one attached hydrogen (secondary N) is 2. The zero-order valence-corrected chi connectivity index (χ0v) is 13.6. The first kappa shape index (κ1) is 15.3. The van der Waals surface area contributed by atoms with E-state index in [0.29, 0.717) is 10.8 Å². The predicted octanol–water partition coefficient (Wildman–Crippen LogP) is 1.44. The average Bonchev–Trinajstić information content (AvgIpc) is 3.21. The van der Waals surface area contributed by atoms with E-state index in [-0.39, 0.29) is 18.6 Å². The van der Waals surface area contributed by atoms with Crippen molar-refractivity contribution in [2.45, 2.75) is 6.04 Å². The van der Waals surface area contributed by atoms with Crippen LogP contribution in [-0.4, -0.2) is 50.4 Å². The molecule has 4 rings (SSSR count). The molecule has 0 saturated carbocycles. The molecule has 24 heavy (non-hydrogen) atoms. The predicted molar refractivity (Wildman–Crippen MR) is 92.1 cm³/mol. The summed E-state index contributed by atoms with van der Waals surface area (Å²) in [5.74, 6) is 0.863. The van der Waals surface area contributed by atoms with Gasteiger partial charge in [-0.2, -0.15) is 5.10 Å². The van der Waals surface area contributed by atoms with Gasteiger partial charge in [0.1, 0.15) is 5.82 Å². The first-order valence-electron chi connectivity index (χ1n) is 7.78. The van der Waals surface area contributed by atoms with Crippen LogP contribution in [0.1, 0.15) is 0 Å². The fourth-order valence-electron chi connectivity index (χ4n) is 3.01. The van der Waals surface area contributed by atoms with Crippen molar-refractivity contribution >= 4 is 22.9 Å². The number of fused-ring (bicyclic) bond motifs is 1. The van der Waals surface area contributed by atoms with Gasteiger partial charge in [0.2, 0.25) is 0 Å². The fraction of sp³-hybridized carbons (Fsp3) is 0.312. The number of aliphatic hydroxyl groups excluding tert-OH is 1. The van der Waals surface area contributed by atoms with Crippen molar-refractivity contribution in [3.63, 3.8) is 0 Å². The van der Waals surface area contributed by atoms with Gasteiger partial charge in [-0.05, 0) is 12.1 Å². The summed E-state index contributed by atoms with van der Waals surface area (Å²) in [5, 5.41) is 21.0. The van der Waals surface area contributed by atoms with Gasteiger partial charge in [0.25, 0.3) is 0 Å². The highest BCUT2D eigenvalue weighted by atomic mass is 35.5. The zero-order valence-electron chi connectivity index (χ0n) is 12.9. The maximum absolute atomic E-state index is 9.42. The van der Waals surface area contributed by atoms with Gasteiger partial charge < -0.3 is 15.7 Å². The minimum absolute atomic E-state index is 0.141. The van der Waals surface area contributed by atoms with E-state index in [4.69, 9.17) is 11.6 Å². The van der Waals surface area contributed by atoms with E-state index < -0.39 is 0 Å². The summed E-state index contributed by atoms with van der Waals surface area (Å²) >= 11 is 6.00. The van der Waals surface area contributed by atoms with E-state index >= 15 is 0 Å². The molecule has 1 saturated heterocycles. The molecule has 2 atom stereocenters. The Hall–Kier alpha value is -2.22. The van der Waals surface area contributed by atoms with Gasteiger partial charge in [-0.1, -0.05) is 11.6 Å². The molecule has 0 radical (unpaired) electrons. The Morgan fingerprint density at radius 3 is 3.08 bits per heavy atom. The van der Waals surface area contributed by atoms with Crippen molar-refractivity contribution in [2.24, 2.45) is 5.92 Å². The quantitative estimate of drug-likeness (QED) is 0.664. The van der Waals surface area contributed by atoms with Gasteiger partial charge in [-0.25, -0.2) is 9.50 Å². The van der Waals surface area contributed by atoms with Crippen LogP contribution in [0.4, 0.5) is 5.82 Å². The number of rotatable bonds is 4. The molecular formula is C16H17ClN6O. The monoisotopic (exact) mass is 344 g/mol. The van der Waals surface area contributed by atoms with Crippen molar-refractivity contribution in [3.05, 3.63) is 41.9 Å². The molecule has 1 aliphatic heterocycles. The lowest BCUT2D eigenvalue weighted by atomic mass is 10.1. The van der Waals surface area contributed by atoms with Crippen LogP contribution in [0.25, 0.3) is 16.8 Å². The zero-order chi connectivity index (χ0) is 16.5. The van der Waals surface area contributed by atoms with Gasteiger partial charge in [-0.15, -0.1) is 0 Å². The highest BCUT2D eigenvalue weighted by Gasteiger charge is 2.26. The van der Waals surface area contributed by atoms with Crippen LogP contribution in [0.2, 0.25) is 5.02 Å². The van der Waals surface area contributed by atoms with Crippen LogP contribution in [0.3, 0.4) is 0 Å². The minimum Gasteiger partial charge on any atom is -0.396 e. The van der Waals surface area contributed by atoms with Gasteiger partial charge in [0.15, 0.2) is 0 Å². The molecule has 2 unspecified atom stereocenters. The third-order valence-electron chi connectivity index (χ3n) is 4.30. The van der Waals surface area contributed by atoms with Crippen LogP contribution in [0, 0.1) is 5.92 Å². The number of nitrogens with zero attached hydrogens (tertiary/aromatic N) is 4. The van der Waals surface area contributed by atoms with E-state index in [9.17, 15) is 5.11 Å². The molecule has 1 aliphatic rings. The molecule has 0 aromatic carbocycles. The molecule has 0 aliphatic carbocycles. The summed E-state index contributed by atoms with van der Waals surface area (Å²) in [6.45, 7) is 1.75. The number of aliphatic hydroxyl groups is 1. The average molecular weight is 345 g/mol. The van der Waals surface area contributed by atoms with Crippen LogP contribution in [-0.2, 0) is 0 Å². The Bertz CT molecular complexity index is 867. The molecule has 7 nitrogen and oxygen atoms in total. The minimum atomic E-state index is 0.141. The first-order valence-corrected chi connectivity index (χ1v) is 8.16. The van der Waals surface area contributed by atoms with E-state index in [2.05, 4.69) is 25.7 Å². The lowest BCUT2D eigenvalue weighted by molar-refractivity contribution is 0.231. The second-order valence-electron chi connectivity index (χ2n) is 5.88. The van der Waals surface area contributed by atoms with Crippen LogP contribution in [0.5, 0.6) is 0 Å². The van der Waals surface area contributed by atoms with Crippen molar-refractivity contribution in [2.75, 3.05) is 25.0 Å². The summed E-state index contributed by atoms with van der Waals surface area (Å²) in [5.41, 5.74) is 2.55. The Balaban J connectivity index is 1.64. The van der Waals surface area contributed by atoms with Gasteiger partial charge in [0, 0.05) is 43.4 Å². The summed E-state index contributed by atoms with van der Waals surface area (Å²) in [6, 6.07) is 3.88. The number of aromatic nitrogens is 4. The highest BCUT2D eigenvalue weighted by molar-refractivity contribution is 6.30. The smallest absolute Gasteiger partial charge is 0.145 e. The summed E-state index contributed by atoms with van der Waals surface area (Å²) < 4.78 is 1.72. The second-order valence-corrected chi connectivity index (χ2v) is 6.31. The molecule has 0 bridgehead atoms. The summed E-state index contributed by atoms with van der Waals surface area (Å²) in [4.78, 5) is 8.94. The SMILES string of the molecule is OCC1CNCC1Nc1cncc(-c2cnn3cc(Cl)ccc23)n1. The van der Waals surface area contributed by atoms with Crippen LogP contribution >= 0.6 is 11.6 Å².